The molecule has 4 rings (SSSR count). The minimum Gasteiger partial charge on any atom is -0.496 e. The van der Waals surface area contributed by atoms with E-state index >= 15 is 0 Å². The lowest BCUT2D eigenvalue weighted by molar-refractivity contribution is -0.142. The molecule has 1 aliphatic rings. The third-order valence-electron chi connectivity index (χ3n) is 6.38. The third-order valence-corrected chi connectivity index (χ3v) is 6.38. The van der Waals surface area contributed by atoms with Gasteiger partial charge >= 0.3 is 5.97 Å². The molecule has 1 saturated carbocycles. The van der Waals surface area contributed by atoms with E-state index in [0.717, 1.165) is 45.9 Å². The molecule has 32 heavy (non-hydrogen) atoms. The molecule has 3 aromatic rings. The van der Waals surface area contributed by atoms with Gasteiger partial charge in [0, 0.05) is 29.6 Å². The lowest BCUT2D eigenvalue weighted by atomic mass is 9.86. The van der Waals surface area contributed by atoms with Crippen LogP contribution < -0.4 is 10.1 Å². The first kappa shape index (κ1) is 22.0. The summed E-state index contributed by atoms with van der Waals surface area (Å²) in [6.45, 7) is 4.30. The van der Waals surface area contributed by atoms with Crippen LogP contribution in [0.5, 0.6) is 5.75 Å². The van der Waals surface area contributed by atoms with Crippen molar-refractivity contribution in [3.63, 3.8) is 0 Å². The zero-order chi connectivity index (χ0) is 22.8. The number of aliphatic carboxylic acids is 1. The van der Waals surface area contributed by atoms with Crippen molar-refractivity contribution < 1.29 is 23.6 Å². The number of aromatic nitrogens is 1. The average molecular weight is 438 g/mol. The summed E-state index contributed by atoms with van der Waals surface area (Å²) in [4.78, 5) is 11.9. The number of ether oxygens (including phenoxy) is 1. The number of methoxy groups -OCH3 is 1. The van der Waals surface area contributed by atoms with Gasteiger partial charge in [-0.1, -0.05) is 23.4 Å². The molecule has 168 valence electrons. The zero-order valence-corrected chi connectivity index (χ0v) is 18.4. The van der Waals surface area contributed by atoms with Gasteiger partial charge in [0.05, 0.1) is 18.7 Å². The highest BCUT2D eigenvalue weighted by atomic mass is 19.1. The zero-order valence-electron chi connectivity index (χ0n) is 18.4. The second kappa shape index (κ2) is 9.12. The molecular formula is C25H27FN2O4. The van der Waals surface area contributed by atoms with Crippen LogP contribution >= 0.6 is 0 Å². The van der Waals surface area contributed by atoms with Crippen LogP contribution in [0.3, 0.4) is 0 Å². The van der Waals surface area contributed by atoms with Gasteiger partial charge in [0.25, 0.3) is 0 Å². The van der Waals surface area contributed by atoms with Crippen molar-refractivity contribution in [2.45, 2.75) is 45.2 Å². The number of benzene rings is 2. The van der Waals surface area contributed by atoms with Crippen LogP contribution in [0.1, 0.15) is 41.3 Å². The fraction of sp³-hybridized carbons (Fsp3) is 0.360. The van der Waals surface area contributed by atoms with E-state index in [1.165, 1.54) is 12.1 Å². The smallest absolute Gasteiger partial charge is 0.307 e. The van der Waals surface area contributed by atoms with Gasteiger partial charge in [0.2, 0.25) is 0 Å². The van der Waals surface area contributed by atoms with Crippen molar-refractivity contribution in [3.8, 4) is 16.9 Å². The number of carbonyl (C=O) groups is 1. The van der Waals surface area contributed by atoms with E-state index in [2.05, 4.69) is 16.5 Å². The van der Waals surface area contributed by atoms with Gasteiger partial charge in [-0.15, -0.1) is 0 Å². The standard InChI is InChI=1S/C25H27FN2O4/c1-14-23(15(2)32-28-14)17-6-11-22(31-3)18(12-17)13-27-21-10-9-20(25(29)30)24(21)16-4-7-19(26)8-5-16/h4-8,11-12,20-21,24,27H,9-10,13H2,1-3H3,(H,29,30). The molecule has 7 heteroatoms. The highest BCUT2D eigenvalue weighted by Gasteiger charge is 2.41. The molecule has 1 fully saturated rings. The van der Waals surface area contributed by atoms with E-state index in [1.54, 1.807) is 19.2 Å². The summed E-state index contributed by atoms with van der Waals surface area (Å²) >= 11 is 0. The number of hydrogen-bond acceptors (Lipinski definition) is 5. The van der Waals surface area contributed by atoms with Gasteiger partial charge in [0.15, 0.2) is 0 Å². The largest absolute Gasteiger partial charge is 0.496 e. The average Bonchev–Trinajstić information content (AvgIpc) is 3.35. The minimum atomic E-state index is -0.818. The van der Waals surface area contributed by atoms with Crippen molar-refractivity contribution in [1.29, 1.82) is 0 Å². The first-order valence-electron chi connectivity index (χ1n) is 10.7. The van der Waals surface area contributed by atoms with Gasteiger partial charge in [-0.3, -0.25) is 4.79 Å². The Morgan fingerprint density at radius 2 is 1.97 bits per heavy atom. The number of hydrogen-bond donors (Lipinski definition) is 2. The van der Waals surface area contributed by atoms with Crippen LogP contribution in [-0.2, 0) is 11.3 Å². The molecule has 0 amide bonds. The number of carboxylic acid groups (broad SMARTS) is 1. The van der Waals surface area contributed by atoms with Crippen molar-refractivity contribution in [3.05, 3.63) is 70.9 Å². The number of nitrogens with one attached hydrogen (secondary N) is 1. The molecule has 2 aromatic carbocycles. The van der Waals surface area contributed by atoms with Gasteiger partial charge in [0.1, 0.15) is 17.3 Å². The predicted molar refractivity (Wildman–Crippen MR) is 118 cm³/mol. The molecule has 6 nitrogen and oxygen atoms in total. The Kier molecular flexibility index (Phi) is 6.28. The highest BCUT2D eigenvalue weighted by molar-refractivity contribution is 5.72. The number of rotatable bonds is 7. The van der Waals surface area contributed by atoms with Crippen LogP contribution in [0.2, 0.25) is 0 Å². The molecule has 3 unspecified atom stereocenters. The second-order valence-corrected chi connectivity index (χ2v) is 8.31. The van der Waals surface area contributed by atoms with Crippen LogP contribution in [-0.4, -0.2) is 29.4 Å². The van der Waals surface area contributed by atoms with E-state index < -0.39 is 11.9 Å². The molecule has 1 heterocycles. The first-order valence-corrected chi connectivity index (χ1v) is 10.7. The maximum atomic E-state index is 13.4. The Balaban J connectivity index is 1.59. The molecule has 1 aliphatic carbocycles. The Bertz CT molecular complexity index is 1090. The summed E-state index contributed by atoms with van der Waals surface area (Å²) in [5.41, 5.74) is 4.57. The van der Waals surface area contributed by atoms with Gasteiger partial charge in [-0.25, -0.2) is 4.39 Å². The van der Waals surface area contributed by atoms with E-state index in [-0.39, 0.29) is 17.8 Å². The maximum absolute atomic E-state index is 13.4. The Morgan fingerprint density at radius 1 is 1.22 bits per heavy atom. The monoisotopic (exact) mass is 438 g/mol. The summed E-state index contributed by atoms with van der Waals surface area (Å²) < 4.78 is 24.3. The fourth-order valence-corrected chi connectivity index (χ4v) is 4.86. The predicted octanol–water partition coefficient (Wildman–Crippen LogP) is 4.84. The summed E-state index contributed by atoms with van der Waals surface area (Å²) in [5, 5.41) is 17.3. The first-order chi connectivity index (χ1) is 15.4. The maximum Gasteiger partial charge on any atom is 0.307 e. The molecule has 1 aromatic heterocycles. The fourth-order valence-electron chi connectivity index (χ4n) is 4.86. The topological polar surface area (TPSA) is 84.6 Å². The van der Waals surface area contributed by atoms with Crippen LogP contribution in [0.4, 0.5) is 4.39 Å². The Morgan fingerprint density at radius 3 is 2.59 bits per heavy atom. The van der Waals surface area contributed by atoms with E-state index in [9.17, 15) is 14.3 Å². The molecule has 3 atom stereocenters. The molecular weight excluding hydrogens is 411 g/mol. The normalized spacial score (nSPS) is 20.4. The van der Waals surface area contributed by atoms with Crippen molar-refractivity contribution in [1.82, 2.24) is 10.5 Å². The van der Waals surface area contributed by atoms with E-state index in [0.29, 0.717) is 13.0 Å². The Hall–Kier alpha value is -3.19. The van der Waals surface area contributed by atoms with Crippen molar-refractivity contribution in [2.75, 3.05) is 7.11 Å². The third kappa shape index (κ3) is 4.25. The minimum absolute atomic E-state index is 0.0472. The Labute approximate surface area is 186 Å². The summed E-state index contributed by atoms with van der Waals surface area (Å²) in [5.74, 6) is -0.383. The molecule has 2 N–H and O–H groups in total. The molecule has 0 radical (unpaired) electrons. The van der Waals surface area contributed by atoms with E-state index in [1.807, 2.05) is 26.0 Å². The van der Waals surface area contributed by atoms with Gasteiger partial charge < -0.3 is 19.7 Å². The van der Waals surface area contributed by atoms with Crippen molar-refractivity contribution >= 4 is 5.97 Å². The lowest BCUT2D eigenvalue weighted by Gasteiger charge is -2.25. The number of nitrogens with zero attached hydrogens (tertiary/aromatic N) is 1. The van der Waals surface area contributed by atoms with Crippen molar-refractivity contribution in [2.24, 2.45) is 5.92 Å². The van der Waals surface area contributed by atoms with Crippen LogP contribution in [0.15, 0.2) is 47.0 Å². The summed E-state index contributed by atoms with van der Waals surface area (Å²) in [7, 11) is 1.63. The molecule has 0 spiro atoms. The van der Waals surface area contributed by atoms with Crippen LogP contribution in [0, 0.1) is 25.6 Å². The second-order valence-electron chi connectivity index (χ2n) is 8.31. The van der Waals surface area contributed by atoms with Crippen LogP contribution in [0.25, 0.3) is 11.1 Å². The summed E-state index contributed by atoms with van der Waals surface area (Å²) in [6.07, 6.45) is 1.30. The SMILES string of the molecule is COc1ccc(-c2c(C)noc2C)cc1CNC1CCC(C(=O)O)C1c1ccc(F)cc1. The number of carboxylic acids is 1. The highest BCUT2D eigenvalue weighted by Crippen LogP contribution is 2.40. The number of halogens is 1. The van der Waals surface area contributed by atoms with Gasteiger partial charge in [-0.2, -0.15) is 0 Å². The summed E-state index contributed by atoms with van der Waals surface area (Å²) in [6, 6.07) is 12.1. The lowest BCUT2D eigenvalue weighted by Crippen LogP contribution is -2.34. The van der Waals surface area contributed by atoms with Gasteiger partial charge in [-0.05, 0) is 62.1 Å². The molecule has 0 saturated heterocycles. The number of aryl methyl sites for hydroxylation is 2. The quantitative estimate of drug-likeness (QED) is 0.549. The molecule has 0 bridgehead atoms. The van der Waals surface area contributed by atoms with E-state index in [4.69, 9.17) is 9.26 Å². The molecule has 0 aliphatic heterocycles.